The second kappa shape index (κ2) is 8.56. The fourth-order valence-electron chi connectivity index (χ4n) is 2.02. The molecule has 0 saturated carbocycles. The smallest absolute Gasteiger partial charge is 0.122 e. The number of benzene rings is 1. The van der Waals surface area contributed by atoms with Crippen molar-refractivity contribution < 1.29 is 9.47 Å². The van der Waals surface area contributed by atoms with Crippen molar-refractivity contribution in [2.24, 2.45) is 5.92 Å². The van der Waals surface area contributed by atoms with Gasteiger partial charge in [0.2, 0.25) is 0 Å². The molecule has 19 heavy (non-hydrogen) atoms. The summed E-state index contributed by atoms with van der Waals surface area (Å²) in [6.45, 7) is 6.10. The van der Waals surface area contributed by atoms with Crippen LogP contribution in [0.3, 0.4) is 0 Å². The first-order valence-electron chi connectivity index (χ1n) is 6.63. The summed E-state index contributed by atoms with van der Waals surface area (Å²) in [5.74, 6) is 1.49. The third-order valence-corrected chi connectivity index (χ3v) is 3.90. The van der Waals surface area contributed by atoms with Gasteiger partial charge in [0.1, 0.15) is 5.75 Å². The molecule has 0 aliphatic rings. The number of hydrogen-bond donors (Lipinski definition) is 1. The Hall–Kier alpha value is -0.580. The standard InChI is InChI=1S/C15H24BrNO2/c1-11(12(2)17-7-8-18-3)9-13-10-14(16)5-6-15(13)19-4/h5-6,10-12,17H,7-9H2,1-4H3. The first-order valence-corrected chi connectivity index (χ1v) is 7.42. The number of nitrogens with one attached hydrogen (secondary N) is 1. The summed E-state index contributed by atoms with van der Waals surface area (Å²) in [7, 11) is 3.44. The Morgan fingerprint density at radius 2 is 2.00 bits per heavy atom. The van der Waals surface area contributed by atoms with Gasteiger partial charge in [0.15, 0.2) is 0 Å². The van der Waals surface area contributed by atoms with Crippen LogP contribution in [0.25, 0.3) is 0 Å². The Labute approximate surface area is 124 Å². The van der Waals surface area contributed by atoms with Crippen LogP contribution in [-0.4, -0.2) is 33.4 Å². The van der Waals surface area contributed by atoms with E-state index in [1.807, 2.05) is 12.1 Å². The number of halogens is 1. The van der Waals surface area contributed by atoms with Crippen molar-refractivity contribution in [1.29, 1.82) is 0 Å². The van der Waals surface area contributed by atoms with Crippen LogP contribution in [0.4, 0.5) is 0 Å². The molecule has 0 heterocycles. The van der Waals surface area contributed by atoms with Gasteiger partial charge in [-0.05, 0) is 43.0 Å². The second-order valence-electron chi connectivity index (χ2n) is 4.87. The van der Waals surface area contributed by atoms with Gasteiger partial charge in [-0.3, -0.25) is 0 Å². The Balaban J connectivity index is 2.60. The lowest BCUT2D eigenvalue weighted by atomic mass is 9.94. The zero-order valence-electron chi connectivity index (χ0n) is 12.2. The summed E-state index contributed by atoms with van der Waals surface area (Å²) in [5, 5.41) is 3.48. The molecule has 0 bridgehead atoms. The fraction of sp³-hybridized carbons (Fsp3) is 0.600. The van der Waals surface area contributed by atoms with Crippen LogP contribution >= 0.6 is 15.9 Å². The maximum atomic E-state index is 5.42. The summed E-state index contributed by atoms with van der Waals surface area (Å²) in [6.07, 6.45) is 0.990. The van der Waals surface area contributed by atoms with E-state index in [1.54, 1.807) is 14.2 Å². The topological polar surface area (TPSA) is 30.5 Å². The van der Waals surface area contributed by atoms with Crippen molar-refractivity contribution in [3.05, 3.63) is 28.2 Å². The molecule has 4 heteroatoms. The lowest BCUT2D eigenvalue weighted by Crippen LogP contribution is -2.35. The average molecular weight is 330 g/mol. The molecule has 3 nitrogen and oxygen atoms in total. The predicted octanol–water partition coefficient (Wildman–Crippen LogP) is 3.26. The highest BCUT2D eigenvalue weighted by atomic mass is 79.9. The molecule has 1 N–H and O–H groups in total. The van der Waals surface area contributed by atoms with Crippen LogP contribution in [0.15, 0.2) is 22.7 Å². The van der Waals surface area contributed by atoms with Crippen LogP contribution in [0, 0.1) is 5.92 Å². The van der Waals surface area contributed by atoms with E-state index in [-0.39, 0.29) is 0 Å². The van der Waals surface area contributed by atoms with E-state index < -0.39 is 0 Å². The Kier molecular flexibility index (Phi) is 7.42. The quantitative estimate of drug-likeness (QED) is 0.742. The lowest BCUT2D eigenvalue weighted by Gasteiger charge is -2.22. The highest BCUT2D eigenvalue weighted by molar-refractivity contribution is 9.10. The van der Waals surface area contributed by atoms with Gasteiger partial charge < -0.3 is 14.8 Å². The first-order chi connectivity index (χ1) is 9.08. The summed E-state index contributed by atoms with van der Waals surface area (Å²) in [5.41, 5.74) is 1.24. The van der Waals surface area contributed by atoms with Crippen molar-refractivity contribution >= 4 is 15.9 Å². The van der Waals surface area contributed by atoms with E-state index in [0.717, 1.165) is 29.8 Å². The molecule has 1 aromatic rings. The van der Waals surface area contributed by atoms with E-state index in [2.05, 4.69) is 41.2 Å². The van der Waals surface area contributed by atoms with E-state index in [1.165, 1.54) is 5.56 Å². The van der Waals surface area contributed by atoms with Gasteiger partial charge in [-0.1, -0.05) is 22.9 Å². The van der Waals surface area contributed by atoms with Gasteiger partial charge >= 0.3 is 0 Å². The first kappa shape index (κ1) is 16.5. The van der Waals surface area contributed by atoms with Crippen molar-refractivity contribution in [2.75, 3.05) is 27.4 Å². The van der Waals surface area contributed by atoms with Crippen molar-refractivity contribution in [1.82, 2.24) is 5.32 Å². The molecule has 108 valence electrons. The molecule has 2 unspecified atom stereocenters. The minimum absolute atomic E-state index is 0.443. The van der Waals surface area contributed by atoms with E-state index in [9.17, 15) is 0 Å². The van der Waals surface area contributed by atoms with Gasteiger partial charge in [0.25, 0.3) is 0 Å². The minimum atomic E-state index is 0.443. The van der Waals surface area contributed by atoms with Gasteiger partial charge in [-0.2, -0.15) is 0 Å². The van der Waals surface area contributed by atoms with Crippen LogP contribution in [0.1, 0.15) is 19.4 Å². The number of hydrogen-bond acceptors (Lipinski definition) is 3. The number of methoxy groups -OCH3 is 2. The molecule has 0 radical (unpaired) electrons. The Morgan fingerprint density at radius 3 is 2.63 bits per heavy atom. The predicted molar refractivity (Wildman–Crippen MR) is 82.9 cm³/mol. The lowest BCUT2D eigenvalue weighted by molar-refractivity contribution is 0.192. The van der Waals surface area contributed by atoms with Gasteiger partial charge in [-0.25, -0.2) is 0 Å². The highest BCUT2D eigenvalue weighted by Gasteiger charge is 2.14. The molecule has 0 aliphatic heterocycles. The normalized spacial score (nSPS) is 14.2. The molecule has 1 rings (SSSR count). The molecular weight excluding hydrogens is 306 g/mol. The summed E-state index contributed by atoms with van der Waals surface area (Å²) in [4.78, 5) is 0. The summed E-state index contributed by atoms with van der Waals surface area (Å²) < 4.78 is 11.6. The second-order valence-corrected chi connectivity index (χ2v) is 5.79. The molecule has 0 spiro atoms. The molecule has 2 atom stereocenters. The number of rotatable bonds is 8. The van der Waals surface area contributed by atoms with Crippen molar-refractivity contribution in [3.63, 3.8) is 0 Å². The van der Waals surface area contributed by atoms with Crippen LogP contribution in [0.2, 0.25) is 0 Å². The highest BCUT2D eigenvalue weighted by Crippen LogP contribution is 2.26. The Morgan fingerprint density at radius 1 is 1.26 bits per heavy atom. The monoisotopic (exact) mass is 329 g/mol. The molecule has 0 amide bonds. The zero-order valence-corrected chi connectivity index (χ0v) is 13.8. The average Bonchev–Trinajstić information content (AvgIpc) is 2.39. The third kappa shape index (κ3) is 5.51. The largest absolute Gasteiger partial charge is 0.496 e. The molecule has 0 aromatic heterocycles. The SMILES string of the molecule is COCCNC(C)C(C)Cc1cc(Br)ccc1OC. The fourth-order valence-corrected chi connectivity index (χ4v) is 2.43. The molecule has 0 aliphatic carbocycles. The maximum Gasteiger partial charge on any atom is 0.122 e. The van der Waals surface area contributed by atoms with Crippen molar-refractivity contribution in [2.45, 2.75) is 26.3 Å². The molecule has 1 aromatic carbocycles. The number of ether oxygens (including phenoxy) is 2. The van der Waals surface area contributed by atoms with Crippen LogP contribution in [-0.2, 0) is 11.2 Å². The minimum Gasteiger partial charge on any atom is -0.496 e. The summed E-state index contributed by atoms with van der Waals surface area (Å²) >= 11 is 3.52. The third-order valence-electron chi connectivity index (χ3n) is 3.41. The van der Waals surface area contributed by atoms with Crippen LogP contribution < -0.4 is 10.1 Å². The zero-order chi connectivity index (χ0) is 14.3. The molecular formula is C15H24BrNO2. The van der Waals surface area contributed by atoms with Gasteiger partial charge in [-0.15, -0.1) is 0 Å². The van der Waals surface area contributed by atoms with E-state index >= 15 is 0 Å². The van der Waals surface area contributed by atoms with Gasteiger partial charge in [0, 0.05) is 24.2 Å². The summed E-state index contributed by atoms with van der Waals surface area (Å²) in [6, 6.07) is 6.60. The molecule has 0 fully saturated rings. The maximum absolute atomic E-state index is 5.42. The van der Waals surface area contributed by atoms with E-state index in [4.69, 9.17) is 9.47 Å². The van der Waals surface area contributed by atoms with Gasteiger partial charge in [0.05, 0.1) is 13.7 Å². The van der Waals surface area contributed by atoms with Crippen LogP contribution in [0.5, 0.6) is 5.75 Å². The van der Waals surface area contributed by atoms with Crippen molar-refractivity contribution in [3.8, 4) is 5.75 Å². The van der Waals surface area contributed by atoms with E-state index in [0.29, 0.717) is 12.0 Å². The Bertz CT molecular complexity index is 384. The molecule has 0 saturated heterocycles.